The molecule has 18 heavy (non-hydrogen) atoms. The highest BCUT2D eigenvalue weighted by Crippen LogP contribution is 2.22. The average molecular weight is 250 g/mol. The Bertz CT molecular complexity index is 366. The SMILES string of the molecule is CC(C)c1cc(CCC[C@@H](C)C(C)C)ccc1F. The maximum atomic E-state index is 13.6. The summed E-state index contributed by atoms with van der Waals surface area (Å²) in [5.74, 6) is 1.73. The summed E-state index contributed by atoms with van der Waals surface area (Å²) in [4.78, 5) is 0. The molecule has 0 heterocycles. The van der Waals surface area contributed by atoms with E-state index in [4.69, 9.17) is 0 Å². The van der Waals surface area contributed by atoms with Gasteiger partial charge in [-0.1, -0.05) is 53.2 Å². The van der Waals surface area contributed by atoms with Gasteiger partial charge < -0.3 is 0 Å². The van der Waals surface area contributed by atoms with Gasteiger partial charge in [0.1, 0.15) is 5.82 Å². The second kappa shape index (κ2) is 6.92. The number of rotatable bonds is 6. The lowest BCUT2D eigenvalue weighted by molar-refractivity contribution is 0.382. The van der Waals surface area contributed by atoms with Gasteiger partial charge in [-0.25, -0.2) is 4.39 Å². The Labute approximate surface area is 112 Å². The molecule has 0 aliphatic carbocycles. The van der Waals surface area contributed by atoms with Gasteiger partial charge in [-0.3, -0.25) is 0 Å². The second-order valence-electron chi connectivity index (χ2n) is 6.12. The highest BCUT2D eigenvalue weighted by atomic mass is 19.1. The zero-order valence-corrected chi connectivity index (χ0v) is 12.5. The summed E-state index contributed by atoms with van der Waals surface area (Å²) in [5, 5.41) is 0. The summed E-state index contributed by atoms with van der Waals surface area (Å²) < 4.78 is 13.6. The molecule has 0 fully saturated rings. The van der Waals surface area contributed by atoms with Gasteiger partial charge in [-0.15, -0.1) is 0 Å². The highest BCUT2D eigenvalue weighted by molar-refractivity contribution is 5.27. The fourth-order valence-electron chi connectivity index (χ4n) is 2.15. The molecule has 0 spiro atoms. The molecule has 1 aromatic carbocycles. The first-order valence-corrected chi connectivity index (χ1v) is 7.20. The lowest BCUT2D eigenvalue weighted by atomic mass is 9.91. The van der Waals surface area contributed by atoms with Crippen LogP contribution in [0.25, 0.3) is 0 Å². The first-order chi connectivity index (χ1) is 8.41. The summed E-state index contributed by atoms with van der Waals surface area (Å²) in [6, 6.07) is 5.60. The minimum Gasteiger partial charge on any atom is -0.207 e. The van der Waals surface area contributed by atoms with Crippen molar-refractivity contribution >= 4 is 0 Å². The first kappa shape index (κ1) is 15.2. The molecule has 1 atom stereocenters. The van der Waals surface area contributed by atoms with Crippen molar-refractivity contribution in [1.29, 1.82) is 0 Å². The Kier molecular flexibility index (Phi) is 5.84. The summed E-state index contributed by atoms with van der Waals surface area (Å²) in [6.07, 6.45) is 3.52. The molecule has 0 aliphatic heterocycles. The number of benzene rings is 1. The van der Waals surface area contributed by atoms with Crippen molar-refractivity contribution in [3.05, 3.63) is 35.1 Å². The molecule has 102 valence electrons. The van der Waals surface area contributed by atoms with Crippen LogP contribution in [0.3, 0.4) is 0 Å². The fraction of sp³-hybridized carbons (Fsp3) is 0.647. The van der Waals surface area contributed by atoms with Crippen LogP contribution in [0.15, 0.2) is 18.2 Å². The van der Waals surface area contributed by atoms with Crippen LogP contribution in [0.1, 0.15) is 64.5 Å². The molecule has 0 nitrogen and oxygen atoms in total. The van der Waals surface area contributed by atoms with Gasteiger partial charge in [0.05, 0.1) is 0 Å². The van der Waals surface area contributed by atoms with Crippen molar-refractivity contribution in [2.45, 2.75) is 59.8 Å². The fourth-order valence-corrected chi connectivity index (χ4v) is 2.15. The Morgan fingerprint density at radius 2 is 1.72 bits per heavy atom. The van der Waals surface area contributed by atoms with Crippen molar-refractivity contribution in [3.63, 3.8) is 0 Å². The van der Waals surface area contributed by atoms with Gasteiger partial charge in [0, 0.05) is 0 Å². The number of hydrogen-bond donors (Lipinski definition) is 0. The largest absolute Gasteiger partial charge is 0.207 e. The Balaban J connectivity index is 2.55. The number of hydrogen-bond acceptors (Lipinski definition) is 0. The van der Waals surface area contributed by atoms with E-state index in [1.807, 2.05) is 26.0 Å². The van der Waals surface area contributed by atoms with E-state index < -0.39 is 0 Å². The van der Waals surface area contributed by atoms with Crippen molar-refractivity contribution < 1.29 is 4.39 Å². The van der Waals surface area contributed by atoms with Gasteiger partial charge >= 0.3 is 0 Å². The van der Waals surface area contributed by atoms with Crippen LogP contribution < -0.4 is 0 Å². The molecular formula is C17H27F. The molecule has 0 N–H and O–H groups in total. The van der Waals surface area contributed by atoms with Crippen LogP contribution in [0, 0.1) is 17.7 Å². The van der Waals surface area contributed by atoms with Gasteiger partial charge in [0.2, 0.25) is 0 Å². The molecule has 0 aliphatic rings. The maximum absolute atomic E-state index is 13.6. The maximum Gasteiger partial charge on any atom is 0.126 e. The third-order valence-corrected chi connectivity index (χ3v) is 3.95. The van der Waals surface area contributed by atoms with E-state index in [0.717, 1.165) is 23.8 Å². The first-order valence-electron chi connectivity index (χ1n) is 7.20. The van der Waals surface area contributed by atoms with Crippen molar-refractivity contribution in [3.8, 4) is 0 Å². The summed E-state index contributed by atoms with van der Waals surface area (Å²) >= 11 is 0. The normalized spacial score (nSPS) is 13.3. The molecule has 0 aromatic heterocycles. The zero-order valence-electron chi connectivity index (χ0n) is 12.5. The van der Waals surface area contributed by atoms with Crippen molar-refractivity contribution in [2.24, 2.45) is 11.8 Å². The summed E-state index contributed by atoms with van der Waals surface area (Å²) in [7, 11) is 0. The Morgan fingerprint density at radius 3 is 2.28 bits per heavy atom. The van der Waals surface area contributed by atoms with Crippen LogP contribution in [0.5, 0.6) is 0 Å². The van der Waals surface area contributed by atoms with Crippen LogP contribution in [0.2, 0.25) is 0 Å². The van der Waals surface area contributed by atoms with E-state index in [1.165, 1.54) is 18.4 Å². The topological polar surface area (TPSA) is 0 Å². The molecule has 0 amide bonds. The van der Waals surface area contributed by atoms with Gasteiger partial charge in [-0.2, -0.15) is 0 Å². The third-order valence-electron chi connectivity index (χ3n) is 3.95. The van der Waals surface area contributed by atoms with E-state index in [0.29, 0.717) is 0 Å². The van der Waals surface area contributed by atoms with Crippen LogP contribution >= 0.6 is 0 Å². The molecule has 0 bridgehead atoms. The minimum absolute atomic E-state index is 0.0655. The quantitative estimate of drug-likeness (QED) is 0.619. The van der Waals surface area contributed by atoms with E-state index in [2.05, 4.69) is 20.8 Å². The van der Waals surface area contributed by atoms with E-state index in [-0.39, 0.29) is 11.7 Å². The molecule has 0 saturated carbocycles. The highest BCUT2D eigenvalue weighted by Gasteiger charge is 2.09. The van der Waals surface area contributed by atoms with E-state index in [9.17, 15) is 4.39 Å². The monoisotopic (exact) mass is 250 g/mol. The standard InChI is InChI=1S/C17H27F/c1-12(2)14(5)7-6-8-15-9-10-17(18)16(11-15)13(3)4/h9-14H,6-8H2,1-5H3/t14-/m1/s1. The molecule has 0 radical (unpaired) electrons. The number of halogens is 1. The summed E-state index contributed by atoms with van der Waals surface area (Å²) in [5.41, 5.74) is 2.13. The van der Waals surface area contributed by atoms with Crippen LogP contribution in [0.4, 0.5) is 4.39 Å². The summed E-state index contributed by atoms with van der Waals surface area (Å²) in [6.45, 7) is 11.0. The van der Waals surface area contributed by atoms with Gasteiger partial charge in [0.15, 0.2) is 0 Å². The lowest BCUT2D eigenvalue weighted by Crippen LogP contribution is -2.04. The van der Waals surface area contributed by atoms with Gasteiger partial charge in [-0.05, 0) is 47.8 Å². The molecular weight excluding hydrogens is 223 g/mol. The Morgan fingerprint density at radius 1 is 1.06 bits per heavy atom. The lowest BCUT2D eigenvalue weighted by Gasteiger charge is -2.15. The predicted octanol–water partition coefficient (Wildman–Crippen LogP) is 5.56. The minimum atomic E-state index is -0.0655. The molecule has 0 saturated heterocycles. The van der Waals surface area contributed by atoms with Crippen molar-refractivity contribution in [2.75, 3.05) is 0 Å². The average Bonchev–Trinajstić information content (AvgIpc) is 2.30. The van der Waals surface area contributed by atoms with Crippen molar-refractivity contribution in [1.82, 2.24) is 0 Å². The van der Waals surface area contributed by atoms with Crippen LogP contribution in [-0.2, 0) is 6.42 Å². The molecule has 1 aromatic rings. The molecule has 1 rings (SSSR count). The zero-order chi connectivity index (χ0) is 13.7. The van der Waals surface area contributed by atoms with E-state index >= 15 is 0 Å². The van der Waals surface area contributed by atoms with E-state index in [1.54, 1.807) is 6.07 Å². The number of aryl methyl sites for hydroxylation is 1. The molecule has 1 heteroatoms. The predicted molar refractivity (Wildman–Crippen MR) is 77.4 cm³/mol. The third kappa shape index (κ3) is 4.44. The van der Waals surface area contributed by atoms with Gasteiger partial charge in [0.25, 0.3) is 0 Å². The Hall–Kier alpha value is -0.850. The smallest absolute Gasteiger partial charge is 0.126 e. The second-order valence-corrected chi connectivity index (χ2v) is 6.12. The van der Waals surface area contributed by atoms with Crippen LogP contribution in [-0.4, -0.2) is 0 Å². The molecule has 0 unspecified atom stereocenters.